The van der Waals surface area contributed by atoms with Crippen LogP contribution in [0, 0.1) is 5.92 Å². The number of hydrogen-bond acceptors (Lipinski definition) is 3. The van der Waals surface area contributed by atoms with E-state index in [9.17, 15) is 0 Å². The fourth-order valence-corrected chi connectivity index (χ4v) is 3.69. The van der Waals surface area contributed by atoms with Crippen LogP contribution < -0.4 is 10.6 Å². The van der Waals surface area contributed by atoms with Crippen LogP contribution in [0.4, 0.5) is 5.00 Å². The van der Waals surface area contributed by atoms with Gasteiger partial charge in [0.25, 0.3) is 0 Å². The minimum atomic E-state index is 0.456. The molecule has 16 heavy (non-hydrogen) atoms. The molecule has 0 aromatic carbocycles. The molecule has 0 saturated heterocycles. The summed E-state index contributed by atoms with van der Waals surface area (Å²) in [6.07, 6.45) is 4.98. The van der Waals surface area contributed by atoms with Crippen LogP contribution in [-0.2, 0) is 0 Å². The van der Waals surface area contributed by atoms with Gasteiger partial charge in [0.05, 0.1) is 8.79 Å². The van der Waals surface area contributed by atoms with Gasteiger partial charge in [0, 0.05) is 19.6 Å². The zero-order chi connectivity index (χ0) is 11.5. The highest BCUT2D eigenvalue weighted by Gasteiger charge is 2.20. The van der Waals surface area contributed by atoms with E-state index in [0.29, 0.717) is 6.04 Å². The summed E-state index contributed by atoms with van der Waals surface area (Å²) in [5, 5.41) is 1.35. The van der Waals surface area contributed by atoms with Gasteiger partial charge in [-0.25, -0.2) is 0 Å². The lowest BCUT2D eigenvalue weighted by molar-refractivity contribution is 0.330. The Morgan fingerprint density at radius 2 is 2.06 bits per heavy atom. The van der Waals surface area contributed by atoms with Gasteiger partial charge in [-0.05, 0) is 59.7 Å². The van der Waals surface area contributed by atoms with Crippen molar-refractivity contribution in [2.24, 2.45) is 11.7 Å². The second-order valence-corrected chi connectivity index (χ2v) is 7.18. The lowest BCUT2D eigenvalue weighted by atomic mass is 9.86. The summed E-state index contributed by atoms with van der Waals surface area (Å²) >= 11 is 5.31. The third-order valence-electron chi connectivity index (χ3n) is 3.36. The van der Waals surface area contributed by atoms with E-state index >= 15 is 0 Å². The van der Waals surface area contributed by atoms with Crippen molar-refractivity contribution in [3.8, 4) is 0 Å². The van der Waals surface area contributed by atoms with E-state index < -0.39 is 0 Å². The van der Waals surface area contributed by atoms with Crippen LogP contribution in [0.5, 0.6) is 0 Å². The van der Waals surface area contributed by atoms with Crippen molar-refractivity contribution in [3.05, 3.63) is 15.9 Å². The molecule has 0 bridgehead atoms. The van der Waals surface area contributed by atoms with Crippen molar-refractivity contribution in [1.29, 1.82) is 0 Å². The van der Waals surface area contributed by atoms with E-state index in [1.807, 2.05) is 0 Å². The van der Waals surface area contributed by atoms with Crippen molar-refractivity contribution < 1.29 is 0 Å². The maximum absolute atomic E-state index is 5.92. The Hall–Kier alpha value is -0.0600. The molecule has 1 aliphatic carbocycles. The first kappa shape index (κ1) is 12.4. The van der Waals surface area contributed by atoms with Gasteiger partial charge in [-0.1, -0.05) is 0 Å². The first-order valence-electron chi connectivity index (χ1n) is 5.87. The highest BCUT2D eigenvalue weighted by atomic mass is 79.9. The van der Waals surface area contributed by atoms with Crippen molar-refractivity contribution in [3.63, 3.8) is 0 Å². The molecule has 90 valence electrons. The average Bonchev–Trinajstić information content (AvgIpc) is 2.68. The lowest BCUT2D eigenvalue weighted by Crippen LogP contribution is -2.32. The van der Waals surface area contributed by atoms with Crippen LogP contribution in [0.15, 0.2) is 15.9 Å². The van der Waals surface area contributed by atoms with Gasteiger partial charge in [-0.3, -0.25) is 0 Å². The highest BCUT2D eigenvalue weighted by Crippen LogP contribution is 2.31. The molecule has 2 rings (SSSR count). The summed E-state index contributed by atoms with van der Waals surface area (Å²) in [6.45, 7) is 1.17. The molecule has 1 saturated carbocycles. The molecule has 0 atom stereocenters. The maximum atomic E-state index is 5.92. The molecular formula is C12H19BrN2S. The van der Waals surface area contributed by atoms with E-state index in [1.165, 1.54) is 41.0 Å². The van der Waals surface area contributed by atoms with Crippen molar-refractivity contribution >= 4 is 32.3 Å². The molecular weight excluding hydrogens is 284 g/mol. The minimum Gasteiger partial charge on any atom is -0.366 e. The number of halogens is 1. The minimum absolute atomic E-state index is 0.456. The molecule has 0 radical (unpaired) electrons. The van der Waals surface area contributed by atoms with Gasteiger partial charge in [0.1, 0.15) is 0 Å². The Bertz CT molecular complexity index is 332. The molecule has 1 aromatic rings. The zero-order valence-corrected chi connectivity index (χ0v) is 12.1. The Labute approximate surface area is 110 Å². The van der Waals surface area contributed by atoms with Crippen LogP contribution in [0.3, 0.4) is 0 Å². The van der Waals surface area contributed by atoms with Gasteiger partial charge in [0.2, 0.25) is 0 Å². The topological polar surface area (TPSA) is 29.3 Å². The molecule has 0 amide bonds. The number of hydrogen-bond donors (Lipinski definition) is 1. The first-order valence-corrected chi connectivity index (χ1v) is 7.48. The quantitative estimate of drug-likeness (QED) is 0.926. The molecule has 1 heterocycles. The van der Waals surface area contributed by atoms with Crippen LogP contribution >= 0.6 is 27.3 Å². The molecule has 1 aromatic heterocycles. The Morgan fingerprint density at radius 1 is 1.38 bits per heavy atom. The van der Waals surface area contributed by atoms with Crippen LogP contribution in [0.1, 0.15) is 25.7 Å². The number of anilines is 1. The Morgan fingerprint density at radius 3 is 2.62 bits per heavy atom. The second kappa shape index (κ2) is 5.52. The molecule has 0 aliphatic heterocycles. The summed E-state index contributed by atoms with van der Waals surface area (Å²) < 4.78 is 1.21. The largest absolute Gasteiger partial charge is 0.366 e. The summed E-state index contributed by atoms with van der Waals surface area (Å²) in [5.41, 5.74) is 5.92. The van der Waals surface area contributed by atoms with E-state index in [1.54, 1.807) is 11.3 Å². The Kier molecular flexibility index (Phi) is 4.27. The van der Waals surface area contributed by atoms with Crippen molar-refractivity contribution in [2.75, 3.05) is 18.5 Å². The average molecular weight is 303 g/mol. The van der Waals surface area contributed by atoms with E-state index in [4.69, 9.17) is 5.73 Å². The van der Waals surface area contributed by atoms with E-state index in [-0.39, 0.29) is 0 Å². The number of thiophene rings is 1. The molecule has 0 unspecified atom stereocenters. The summed E-state index contributed by atoms with van der Waals surface area (Å²) in [6, 6.07) is 4.76. The molecule has 0 spiro atoms. The maximum Gasteiger partial charge on any atom is 0.0917 e. The van der Waals surface area contributed by atoms with Crippen LogP contribution in [0.2, 0.25) is 0 Å². The summed E-state index contributed by atoms with van der Waals surface area (Å²) in [4.78, 5) is 2.37. The number of nitrogens with two attached hydrogens (primary N) is 1. The third-order valence-corrected chi connectivity index (χ3v) is 5.10. The van der Waals surface area contributed by atoms with Gasteiger partial charge >= 0.3 is 0 Å². The fraction of sp³-hybridized carbons (Fsp3) is 0.667. The normalized spacial score (nSPS) is 25.7. The third kappa shape index (κ3) is 3.22. The molecule has 4 heteroatoms. The smallest absolute Gasteiger partial charge is 0.0917 e. The standard InChI is InChI=1S/C12H19BrN2S/c1-15(12-7-6-11(13)16-12)8-9-2-4-10(14)5-3-9/h6-7,9-10H,2-5,8,14H2,1H3. The second-order valence-electron chi connectivity index (χ2n) is 4.74. The first-order chi connectivity index (χ1) is 7.65. The lowest BCUT2D eigenvalue weighted by Gasteiger charge is -2.30. The summed E-state index contributed by atoms with van der Waals surface area (Å²) in [7, 11) is 2.19. The number of rotatable bonds is 3. The zero-order valence-electron chi connectivity index (χ0n) is 9.66. The fourth-order valence-electron chi connectivity index (χ4n) is 2.36. The predicted octanol–water partition coefficient (Wildman–Crippen LogP) is 3.46. The molecule has 1 fully saturated rings. The monoisotopic (exact) mass is 302 g/mol. The van der Waals surface area contributed by atoms with Crippen LogP contribution in [-0.4, -0.2) is 19.6 Å². The van der Waals surface area contributed by atoms with Crippen LogP contribution in [0.25, 0.3) is 0 Å². The van der Waals surface area contributed by atoms with Gasteiger partial charge in [0.15, 0.2) is 0 Å². The number of nitrogens with zero attached hydrogens (tertiary/aromatic N) is 1. The Balaban J connectivity index is 1.85. The highest BCUT2D eigenvalue weighted by molar-refractivity contribution is 9.11. The van der Waals surface area contributed by atoms with E-state index in [2.05, 4.69) is 40.0 Å². The van der Waals surface area contributed by atoms with Crippen molar-refractivity contribution in [2.45, 2.75) is 31.7 Å². The van der Waals surface area contributed by atoms with Crippen molar-refractivity contribution in [1.82, 2.24) is 0 Å². The SMILES string of the molecule is CN(CC1CCC(N)CC1)c1ccc(Br)s1. The van der Waals surface area contributed by atoms with Gasteiger partial charge in [-0.2, -0.15) is 0 Å². The molecule has 1 aliphatic rings. The van der Waals surface area contributed by atoms with Gasteiger partial charge in [-0.15, -0.1) is 11.3 Å². The molecule has 2 nitrogen and oxygen atoms in total. The van der Waals surface area contributed by atoms with Gasteiger partial charge < -0.3 is 10.6 Å². The van der Waals surface area contributed by atoms with E-state index in [0.717, 1.165) is 5.92 Å². The predicted molar refractivity (Wildman–Crippen MR) is 75.2 cm³/mol. The summed E-state index contributed by atoms with van der Waals surface area (Å²) in [5.74, 6) is 0.825. The molecule has 2 N–H and O–H groups in total.